The molecule has 1 unspecified atom stereocenters. The summed E-state index contributed by atoms with van der Waals surface area (Å²) >= 11 is 0. The summed E-state index contributed by atoms with van der Waals surface area (Å²) in [4.78, 5) is 27.9. The van der Waals surface area contributed by atoms with Gasteiger partial charge in [0.2, 0.25) is 0 Å². The Labute approximate surface area is 329 Å². The summed E-state index contributed by atoms with van der Waals surface area (Å²) in [6.45, 7) is 10.8. The number of hydrogen-bond donors (Lipinski definition) is 0. The largest absolute Gasteiger partial charge is 0.466 e. The minimum absolute atomic E-state index is 0.0840. The van der Waals surface area contributed by atoms with E-state index in [-0.39, 0.29) is 24.3 Å². The maximum atomic E-state index is 12.9. The first-order valence-electron chi connectivity index (χ1n) is 23.2. The Hall–Kier alpha value is -1.18. The lowest BCUT2D eigenvalue weighted by Crippen LogP contribution is -2.30. The first-order chi connectivity index (χ1) is 26.0. The van der Waals surface area contributed by atoms with Gasteiger partial charge in [0.15, 0.2) is 6.29 Å². The van der Waals surface area contributed by atoms with Crippen LogP contribution in [0.4, 0.5) is 0 Å². The van der Waals surface area contributed by atoms with Crippen molar-refractivity contribution in [1.29, 1.82) is 0 Å². The van der Waals surface area contributed by atoms with Crippen LogP contribution >= 0.6 is 0 Å². The van der Waals surface area contributed by atoms with Gasteiger partial charge in [0, 0.05) is 32.5 Å². The highest BCUT2D eigenvalue weighted by atomic mass is 16.7. The van der Waals surface area contributed by atoms with Crippen LogP contribution in [0.3, 0.4) is 0 Å². The van der Waals surface area contributed by atoms with E-state index in [2.05, 4.69) is 32.7 Å². The minimum atomic E-state index is -0.182. The molecule has 0 aromatic rings. The number of piperidine rings is 1. The second kappa shape index (κ2) is 37.7. The molecule has 1 atom stereocenters. The average Bonchev–Trinajstić information content (AvgIpc) is 3.15. The summed E-state index contributed by atoms with van der Waals surface area (Å²) < 4.78 is 24.0. The van der Waals surface area contributed by atoms with E-state index in [4.69, 9.17) is 18.9 Å². The highest BCUT2D eigenvalue weighted by Crippen LogP contribution is 2.22. The molecular formula is C46H89NO6. The van der Waals surface area contributed by atoms with Crippen molar-refractivity contribution in [2.24, 2.45) is 5.92 Å². The molecule has 53 heavy (non-hydrogen) atoms. The van der Waals surface area contributed by atoms with Crippen molar-refractivity contribution in [3.8, 4) is 0 Å². The van der Waals surface area contributed by atoms with Crippen LogP contribution in [-0.2, 0) is 28.5 Å². The maximum Gasteiger partial charge on any atom is 0.306 e. The predicted molar refractivity (Wildman–Crippen MR) is 222 cm³/mol. The van der Waals surface area contributed by atoms with Crippen LogP contribution in [0.25, 0.3) is 0 Å². The molecule has 0 saturated carbocycles. The number of esters is 2. The van der Waals surface area contributed by atoms with Crippen LogP contribution in [0.1, 0.15) is 226 Å². The molecular weight excluding hydrogens is 663 g/mol. The van der Waals surface area contributed by atoms with Gasteiger partial charge in [0.25, 0.3) is 0 Å². The summed E-state index contributed by atoms with van der Waals surface area (Å²) in [5.41, 5.74) is 0. The van der Waals surface area contributed by atoms with Crippen molar-refractivity contribution in [2.45, 2.75) is 239 Å². The molecule has 7 nitrogen and oxygen atoms in total. The second-order valence-corrected chi connectivity index (χ2v) is 16.3. The van der Waals surface area contributed by atoms with Crippen LogP contribution in [0.15, 0.2) is 0 Å². The summed E-state index contributed by atoms with van der Waals surface area (Å²) in [5, 5.41) is 0. The molecule has 0 bridgehead atoms. The molecule has 1 aliphatic heterocycles. The van der Waals surface area contributed by atoms with Crippen molar-refractivity contribution in [1.82, 2.24) is 4.90 Å². The summed E-state index contributed by atoms with van der Waals surface area (Å²) in [5.74, 6) is 0.377. The third kappa shape index (κ3) is 32.7. The SMILES string of the molecule is CCCCCCCCCCCCC(CCOC(=O)CCCCC(OCCCCCCCC)OCCCCCCCC)OC(=O)CCC1CCN(C)CC1. The third-order valence-electron chi connectivity index (χ3n) is 11.1. The molecule has 7 heteroatoms. The van der Waals surface area contributed by atoms with Gasteiger partial charge in [-0.15, -0.1) is 0 Å². The lowest BCUT2D eigenvalue weighted by Gasteiger charge is -2.28. The second-order valence-electron chi connectivity index (χ2n) is 16.3. The number of likely N-dealkylation sites (tertiary alicyclic amines) is 1. The van der Waals surface area contributed by atoms with Crippen molar-refractivity contribution in [3.63, 3.8) is 0 Å². The first kappa shape index (κ1) is 49.8. The normalized spacial score (nSPS) is 14.6. The van der Waals surface area contributed by atoms with Crippen molar-refractivity contribution >= 4 is 11.9 Å². The minimum Gasteiger partial charge on any atom is -0.466 e. The summed E-state index contributed by atoms with van der Waals surface area (Å²) in [6, 6.07) is 0. The molecule has 1 fully saturated rings. The smallest absolute Gasteiger partial charge is 0.306 e. The Morgan fingerprint density at radius 3 is 1.53 bits per heavy atom. The Kier molecular flexibility index (Phi) is 35.5. The van der Waals surface area contributed by atoms with E-state index in [1.807, 2.05) is 0 Å². The Morgan fingerprint density at radius 1 is 0.528 bits per heavy atom. The number of ether oxygens (including phenoxy) is 4. The number of hydrogen-bond acceptors (Lipinski definition) is 7. The van der Waals surface area contributed by atoms with Gasteiger partial charge in [-0.1, -0.05) is 143 Å². The molecule has 0 aromatic heterocycles. The van der Waals surface area contributed by atoms with Gasteiger partial charge < -0.3 is 23.8 Å². The molecule has 1 rings (SSSR count). The Morgan fingerprint density at radius 2 is 1.00 bits per heavy atom. The van der Waals surface area contributed by atoms with E-state index in [1.54, 1.807) is 0 Å². The molecule has 314 valence electrons. The standard InChI is InChI=1S/C46H89NO6/c1-5-8-11-14-17-18-19-20-21-24-29-43(53-45(49)33-32-42-34-37-47(4)38-35-42)36-41-50-44(48)30-25-26-31-46(51-39-27-22-15-12-9-6-2)52-40-28-23-16-13-10-7-3/h42-43,46H,5-41H2,1-4H3. The maximum absolute atomic E-state index is 12.9. The molecule has 1 saturated heterocycles. The lowest BCUT2D eigenvalue weighted by atomic mass is 9.92. The number of nitrogens with zero attached hydrogens (tertiary/aromatic N) is 1. The van der Waals surface area contributed by atoms with Gasteiger partial charge in [-0.05, 0) is 90.3 Å². The zero-order chi connectivity index (χ0) is 38.5. The van der Waals surface area contributed by atoms with E-state index < -0.39 is 0 Å². The van der Waals surface area contributed by atoms with Crippen molar-refractivity contribution in [3.05, 3.63) is 0 Å². The fourth-order valence-corrected chi connectivity index (χ4v) is 7.41. The van der Waals surface area contributed by atoms with Crippen LogP contribution in [0, 0.1) is 5.92 Å². The van der Waals surface area contributed by atoms with Gasteiger partial charge in [0.05, 0.1) is 6.61 Å². The first-order valence-corrected chi connectivity index (χ1v) is 23.2. The fourth-order valence-electron chi connectivity index (χ4n) is 7.41. The number of rotatable bonds is 39. The van der Waals surface area contributed by atoms with Crippen LogP contribution in [0.5, 0.6) is 0 Å². The van der Waals surface area contributed by atoms with Crippen LogP contribution < -0.4 is 0 Å². The highest BCUT2D eigenvalue weighted by Gasteiger charge is 2.20. The van der Waals surface area contributed by atoms with E-state index >= 15 is 0 Å². The molecule has 1 heterocycles. The Bertz CT molecular complexity index is 783. The average molecular weight is 752 g/mol. The Balaban J connectivity index is 2.40. The molecule has 0 amide bonds. The van der Waals surface area contributed by atoms with Crippen LogP contribution in [0.2, 0.25) is 0 Å². The predicted octanol–water partition coefficient (Wildman–Crippen LogP) is 12.9. The van der Waals surface area contributed by atoms with Crippen molar-refractivity contribution < 1.29 is 28.5 Å². The zero-order valence-corrected chi connectivity index (χ0v) is 35.8. The third-order valence-corrected chi connectivity index (χ3v) is 11.1. The molecule has 0 radical (unpaired) electrons. The number of unbranched alkanes of at least 4 members (excludes halogenated alkanes) is 20. The van der Waals surface area contributed by atoms with E-state index in [1.165, 1.54) is 135 Å². The van der Waals surface area contributed by atoms with Gasteiger partial charge in [-0.3, -0.25) is 9.59 Å². The molecule has 0 aliphatic carbocycles. The summed E-state index contributed by atoms with van der Waals surface area (Å²) in [6.07, 6.45) is 35.5. The van der Waals surface area contributed by atoms with Gasteiger partial charge in [-0.2, -0.15) is 0 Å². The number of carbonyl (C=O) groups is 2. The van der Waals surface area contributed by atoms with Gasteiger partial charge in [0.1, 0.15) is 6.10 Å². The van der Waals surface area contributed by atoms with Crippen molar-refractivity contribution in [2.75, 3.05) is 40.0 Å². The topological polar surface area (TPSA) is 74.3 Å². The molecule has 1 aliphatic rings. The van der Waals surface area contributed by atoms with E-state index in [0.29, 0.717) is 31.8 Å². The quantitative estimate of drug-likeness (QED) is 0.0352. The highest BCUT2D eigenvalue weighted by molar-refractivity contribution is 5.70. The monoisotopic (exact) mass is 752 g/mol. The molecule has 0 N–H and O–H groups in total. The van der Waals surface area contributed by atoms with E-state index in [9.17, 15) is 9.59 Å². The lowest BCUT2D eigenvalue weighted by molar-refractivity contribution is -0.153. The van der Waals surface area contributed by atoms with Crippen LogP contribution in [-0.4, -0.2) is 69.2 Å². The summed E-state index contributed by atoms with van der Waals surface area (Å²) in [7, 11) is 2.17. The number of carbonyl (C=O) groups excluding carboxylic acids is 2. The van der Waals surface area contributed by atoms with Gasteiger partial charge in [-0.25, -0.2) is 0 Å². The fraction of sp³-hybridized carbons (Fsp3) is 0.957. The molecule has 0 spiro atoms. The van der Waals surface area contributed by atoms with E-state index in [0.717, 1.165) is 77.7 Å². The van der Waals surface area contributed by atoms with Gasteiger partial charge >= 0.3 is 11.9 Å². The zero-order valence-electron chi connectivity index (χ0n) is 35.8. The molecule has 0 aromatic carbocycles.